The fraction of sp³-hybridized carbons (Fsp3) is 0.857. The zero-order valence-corrected chi connectivity index (χ0v) is 9.55. The molecule has 0 aliphatic carbocycles. The van der Waals surface area contributed by atoms with Gasteiger partial charge in [-0.1, -0.05) is 22.6 Å². The van der Waals surface area contributed by atoms with Gasteiger partial charge in [-0.2, -0.15) is 0 Å². The molecule has 11 heavy (non-hydrogen) atoms. The summed E-state index contributed by atoms with van der Waals surface area (Å²) in [7, 11) is 4.04. The highest BCUT2D eigenvalue weighted by atomic mass is 127. The Morgan fingerprint density at radius 1 is 1.45 bits per heavy atom. The van der Waals surface area contributed by atoms with Gasteiger partial charge in [0.2, 0.25) is 0 Å². The first kappa shape index (κ1) is 13.6. The first-order valence-corrected chi connectivity index (χ1v) is 5.54. The van der Waals surface area contributed by atoms with Gasteiger partial charge in [0, 0.05) is 0 Å². The molecule has 0 aromatic carbocycles. The molecule has 0 fully saturated rings. The molecule has 0 amide bonds. The zero-order chi connectivity index (χ0) is 9.11. The number of nitrogens with zero attached hydrogens (tertiary/aromatic N) is 2. The van der Waals surface area contributed by atoms with Gasteiger partial charge in [0.1, 0.15) is 0 Å². The highest BCUT2D eigenvalue weighted by molar-refractivity contribution is 14.1. The number of hydrogen-bond donors (Lipinski definition) is 1. The Labute approximate surface area is 82.5 Å². The van der Waals surface area contributed by atoms with Gasteiger partial charge in [0.05, 0.1) is 12.6 Å². The molecular weight excluding hydrogens is 253 g/mol. The van der Waals surface area contributed by atoms with E-state index in [1.807, 2.05) is 25.0 Å². The average Bonchev–Trinajstić information content (AvgIpc) is 2.02. The maximum absolute atomic E-state index is 6.46. The minimum Gasteiger partial charge on any atom is -0.309 e. The van der Waals surface area contributed by atoms with Crippen molar-refractivity contribution in [3.63, 3.8) is 0 Å². The van der Waals surface area contributed by atoms with Crippen molar-refractivity contribution in [3.8, 4) is 0 Å². The van der Waals surface area contributed by atoms with Crippen LogP contribution in [-0.4, -0.2) is 43.0 Å². The molecule has 0 aromatic rings. The summed E-state index contributed by atoms with van der Waals surface area (Å²) in [4.78, 5) is 7.70. The number of halogens is 1. The second kappa shape index (κ2) is 12.7. The van der Waals surface area contributed by atoms with E-state index in [1.165, 1.54) is 0 Å². The van der Waals surface area contributed by atoms with Crippen LogP contribution in [-0.2, 0) is 0 Å². The second-order valence-corrected chi connectivity index (χ2v) is 2.15. The molecule has 0 aliphatic rings. The molecule has 0 radical (unpaired) electrons. The van der Waals surface area contributed by atoms with Crippen LogP contribution in [0.15, 0.2) is 4.99 Å². The van der Waals surface area contributed by atoms with Crippen LogP contribution in [0.4, 0.5) is 0 Å². The van der Waals surface area contributed by atoms with E-state index in [2.05, 4.69) is 32.5 Å². The quantitative estimate of drug-likeness (QED) is 0.359. The third-order valence-electron chi connectivity index (χ3n) is 0.954. The zero-order valence-electron chi connectivity index (χ0n) is 7.39. The van der Waals surface area contributed by atoms with Gasteiger partial charge in [-0.25, -0.2) is 10.4 Å². The minimum absolute atomic E-state index is 0.724. The van der Waals surface area contributed by atoms with Crippen LogP contribution in [0.2, 0.25) is 0 Å². The molecule has 0 aromatic heterocycles. The van der Waals surface area contributed by atoms with Crippen molar-refractivity contribution < 1.29 is 0 Å². The Morgan fingerprint density at radius 2 is 2.00 bits per heavy atom. The SMILES string of the molecule is CI.CN(C)CCCN=C=N. The molecular formula is C7H16IN3. The Kier molecular flexibility index (Phi) is 15.8. The summed E-state index contributed by atoms with van der Waals surface area (Å²) in [5.74, 6) is 0. The van der Waals surface area contributed by atoms with E-state index in [9.17, 15) is 0 Å². The lowest BCUT2D eigenvalue weighted by Crippen LogP contribution is -2.13. The van der Waals surface area contributed by atoms with Crippen LogP contribution in [0.3, 0.4) is 0 Å². The summed E-state index contributed by atoms with van der Waals surface area (Å²) >= 11 is 2.15. The monoisotopic (exact) mass is 269 g/mol. The first-order valence-electron chi connectivity index (χ1n) is 3.38. The van der Waals surface area contributed by atoms with E-state index in [-0.39, 0.29) is 0 Å². The highest BCUT2D eigenvalue weighted by Gasteiger charge is 1.86. The highest BCUT2D eigenvalue weighted by Crippen LogP contribution is 1.82. The number of aliphatic imine (C=N–C) groups is 1. The van der Waals surface area contributed by atoms with E-state index in [4.69, 9.17) is 5.41 Å². The van der Waals surface area contributed by atoms with E-state index < -0.39 is 0 Å². The summed E-state index contributed by atoms with van der Waals surface area (Å²) in [5, 5.41) is 6.46. The van der Waals surface area contributed by atoms with Gasteiger partial charge >= 0.3 is 0 Å². The predicted molar refractivity (Wildman–Crippen MR) is 58.1 cm³/mol. The lowest BCUT2D eigenvalue weighted by molar-refractivity contribution is 0.403. The lowest BCUT2D eigenvalue weighted by atomic mass is 10.4. The van der Waals surface area contributed by atoms with Gasteiger partial charge in [0.15, 0.2) is 0 Å². The Morgan fingerprint density at radius 3 is 2.36 bits per heavy atom. The first-order chi connectivity index (χ1) is 5.27. The maximum atomic E-state index is 6.46. The molecule has 0 bridgehead atoms. The van der Waals surface area contributed by atoms with Crippen LogP contribution in [0.25, 0.3) is 0 Å². The third kappa shape index (κ3) is 17.8. The van der Waals surface area contributed by atoms with Gasteiger partial charge < -0.3 is 4.90 Å². The fourth-order valence-corrected chi connectivity index (χ4v) is 0.522. The van der Waals surface area contributed by atoms with Crippen molar-refractivity contribution in [2.24, 2.45) is 4.99 Å². The van der Waals surface area contributed by atoms with Gasteiger partial charge in [-0.3, -0.25) is 0 Å². The third-order valence-corrected chi connectivity index (χ3v) is 0.954. The van der Waals surface area contributed by atoms with Gasteiger partial charge in [-0.15, -0.1) is 0 Å². The molecule has 0 spiro atoms. The van der Waals surface area contributed by atoms with Crippen molar-refractivity contribution >= 4 is 28.6 Å². The predicted octanol–water partition coefficient (Wildman–Crippen LogP) is 1.74. The van der Waals surface area contributed by atoms with Crippen LogP contribution < -0.4 is 0 Å². The minimum atomic E-state index is 0.724. The normalized spacial score (nSPS) is 8.09. The maximum Gasteiger partial charge on any atom is 0.0861 e. The van der Waals surface area contributed by atoms with Gasteiger partial charge in [0.25, 0.3) is 0 Å². The summed E-state index contributed by atoms with van der Waals surface area (Å²) in [5.41, 5.74) is 0. The molecule has 0 atom stereocenters. The van der Waals surface area contributed by atoms with Crippen molar-refractivity contribution in [2.75, 3.05) is 32.1 Å². The smallest absolute Gasteiger partial charge is 0.0861 e. The van der Waals surface area contributed by atoms with E-state index in [1.54, 1.807) is 0 Å². The molecule has 0 heterocycles. The standard InChI is InChI=1S/C6H13N3.CH3I/c1-9(2)5-3-4-8-6-7;1-2/h7H,3-5H2,1-2H3;1H3. The van der Waals surface area contributed by atoms with Gasteiger partial charge in [-0.05, 0) is 32.0 Å². The Balaban J connectivity index is 0. The van der Waals surface area contributed by atoms with Crippen molar-refractivity contribution in [1.29, 1.82) is 5.41 Å². The Hall–Kier alpha value is 0.0700. The summed E-state index contributed by atoms with van der Waals surface area (Å²) < 4.78 is 0. The number of nitrogens with one attached hydrogen (secondary N) is 1. The average molecular weight is 269 g/mol. The second-order valence-electron chi connectivity index (χ2n) is 2.15. The summed E-state index contributed by atoms with van der Waals surface area (Å²) in [6.45, 7) is 1.76. The van der Waals surface area contributed by atoms with Crippen molar-refractivity contribution in [2.45, 2.75) is 6.42 Å². The molecule has 4 heteroatoms. The Bertz CT molecular complexity index is 108. The summed E-state index contributed by atoms with van der Waals surface area (Å²) in [6.07, 6.45) is 1.01. The molecule has 0 rings (SSSR count). The fourth-order valence-electron chi connectivity index (χ4n) is 0.522. The van der Waals surface area contributed by atoms with E-state index in [0.29, 0.717) is 0 Å². The van der Waals surface area contributed by atoms with E-state index in [0.717, 1.165) is 19.5 Å². The molecule has 1 N–H and O–H groups in total. The van der Waals surface area contributed by atoms with E-state index >= 15 is 0 Å². The van der Waals surface area contributed by atoms with Crippen LogP contribution in [0.5, 0.6) is 0 Å². The van der Waals surface area contributed by atoms with Crippen molar-refractivity contribution in [1.82, 2.24) is 4.90 Å². The number of hydrogen-bond acceptors (Lipinski definition) is 3. The van der Waals surface area contributed by atoms with Crippen molar-refractivity contribution in [3.05, 3.63) is 0 Å². The topological polar surface area (TPSA) is 39.5 Å². The molecule has 66 valence electrons. The van der Waals surface area contributed by atoms with Crippen LogP contribution in [0, 0.1) is 5.41 Å². The molecule has 3 nitrogen and oxygen atoms in total. The molecule has 0 aliphatic heterocycles. The molecule has 0 saturated carbocycles. The largest absolute Gasteiger partial charge is 0.309 e. The van der Waals surface area contributed by atoms with Crippen LogP contribution in [0.1, 0.15) is 6.42 Å². The number of alkyl halides is 1. The summed E-state index contributed by atoms with van der Waals surface area (Å²) in [6, 6.07) is 2.00. The number of rotatable bonds is 4. The molecule has 0 unspecified atom stereocenters. The molecule has 0 saturated heterocycles. The van der Waals surface area contributed by atoms with Crippen LogP contribution >= 0.6 is 22.6 Å². The lowest BCUT2D eigenvalue weighted by Gasteiger charge is -2.05.